The van der Waals surface area contributed by atoms with Crippen LogP contribution in [0.3, 0.4) is 0 Å². The number of amides is 2. The zero-order chi connectivity index (χ0) is 26.1. The Kier molecular flexibility index (Phi) is 9.60. The molecule has 0 bridgehead atoms. The van der Waals surface area contributed by atoms with Crippen molar-refractivity contribution in [2.45, 2.75) is 0 Å². The number of carbonyl (C=O) groups excluding carboxylic acids is 3. The Balaban J connectivity index is 1.63. The summed E-state index contributed by atoms with van der Waals surface area (Å²) in [4.78, 5) is 37.0. The van der Waals surface area contributed by atoms with E-state index >= 15 is 0 Å². The minimum absolute atomic E-state index is 0.221. The van der Waals surface area contributed by atoms with Gasteiger partial charge < -0.3 is 19.5 Å². The van der Waals surface area contributed by atoms with Gasteiger partial charge in [0.15, 0.2) is 11.5 Å². The molecule has 0 spiro atoms. The molecule has 0 saturated heterocycles. The fraction of sp³-hybridized carbons (Fsp3) is 0.120. The first-order valence-electron chi connectivity index (χ1n) is 10.4. The van der Waals surface area contributed by atoms with Crippen molar-refractivity contribution >= 4 is 55.9 Å². The first-order chi connectivity index (χ1) is 17.3. The maximum Gasteiger partial charge on any atom is 0.343 e. The zero-order valence-electron chi connectivity index (χ0n) is 19.2. The van der Waals surface area contributed by atoms with Crippen LogP contribution in [-0.2, 0) is 4.79 Å². The fourth-order valence-corrected chi connectivity index (χ4v) is 3.72. The quantitative estimate of drug-likeness (QED) is 0.160. The Hall–Kier alpha value is -3.70. The smallest absolute Gasteiger partial charge is 0.343 e. The van der Waals surface area contributed by atoms with Gasteiger partial charge in [-0.1, -0.05) is 37.9 Å². The molecule has 2 N–H and O–H groups in total. The van der Waals surface area contributed by atoms with E-state index < -0.39 is 17.8 Å². The highest BCUT2D eigenvalue weighted by Gasteiger charge is 2.15. The first kappa shape index (κ1) is 26.9. The largest absolute Gasteiger partial charge is 0.493 e. The molecule has 0 unspecified atom stereocenters. The van der Waals surface area contributed by atoms with Crippen LogP contribution in [0.1, 0.15) is 26.3 Å². The van der Waals surface area contributed by atoms with Crippen molar-refractivity contribution in [2.24, 2.45) is 5.10 Å². The topological polar surface area (TPSA) is 115 Å². The molecule has 0 heterocycles. The molecule has 0 aliphatic rings. The predicted molar refractivity (Wildman–Crippen MR) is 141 cm³/mol. The van der Waals surface area contributed by atoms with Crippen molar-refractivity contribution < 1.29 is 28.6 Å². The van der Waals surface area contributed by atoms with Crippen LogP contribution in [0, 0.1) is 0 Å². The van der Waals surface area contributed by atoms with Crippen LogP contribution in [0.25, 0.3) is 0 Å². The summed E-state index contributed by atoms with van der Waals surface area (Å²) in [5, 5.41) is 6.42. The SMILES string of the molecule is COc1ccc(C(=O)Oc2ccc(Br)cc2C=NNC(=O)CNC(=O)c2cccc(Br)c2)cc1OC. The first-order valence-corrected chi connectivity index (χ1v) is 12.0. The number of esters is 1. The number of ether oxygens (including phenoxy) is 3. The molecule has 0 aliphatic heterocycles. The highest BCUT2D eigenvalue weighted by molar-refractivity contribution is 9.10. The summed E-state index contributed by atoms with van der Waals surface area (Å²) in [5.74, 6) is -0.459. The fourth-order valence-electron chi connectivity index (χ4n) is 2.94. The van der Waals surface area contributed by atoms with Gasteiger partial charge in [0.1, 0.15) is 5.75 Å². The maximum atomic E-state index is 12.7. The summed E-state index contributed by atoms with van der Waals surface area (Å²) in [6.45, 7) is -0.275. The molecule has 0 radical (unpaired) electrons. The van der Waals surface area contributed by atoms with Gasteiger partial charge >= 0.3 is 5.97 Å². The van der Waals surface area contributed by atoms with Gasteiger partial charge in [-0.25, -0.2) is 10.2 Å². The van der Waals surface area contributed by atoms with Crippen molar-refractivity contribution in [2.75, 3.05) is 20.8 Å². The number of hydrogen-bond acceptors (Lipinski definition) is 7. The average molecular weight is 619 g/mol. The van der Waals surface area contributed by atoms with Crippen LogP contribution in [0.4, 0.5) is 0 Å². The third-order valence-electron chi connectivity index (χ3n) is 4.68. The van der Waals surface area contributed by atoms with Gasteiger partial charge in [0.05, 0.1) is 32.5 Å². The predicted octanol–water partition coefficient (Wildman–Crippen LogP) is 4.33. The lowest BCUT2D eigenvalue weighted by Gasteiger charge is -2.11. The van der Waals surface area contributed by atoms with E-state index in [1.54, 1.807) is 54.6 Å². The lowest BCUT2D eigenvalue weighted by Crippen LogP contribution is -2.34. The van der Waals surface area contributed by atoms with Crippen LogP contribution in [0.5, 0.6) is 17.2 Å². The third-order valence-corrected chi connectivity index (χ3v) is 5.67. The van der Waals surface area contributed by atoms with E-state index in [1.807, 2.05) is 0 Å². The van der Waals surface area contributed by atoms with Gasteiger partial charge in [0.25, 0.3) is 11.8 Å². The number of nitrogens with one attached hydrogen (secondary N) is 2. The van der Waals surface area contributed by atoms with Crippen LogP contribution in [0.15, 0.2) is 74.7 Å². The van der Waals surface area contributed by atoms with Crippen LogP contribution >= 0.6 is 31.9 Å². The van der Waals surface area contributed by atoms with Crippen molar-refractivity contribution in [1.82, 2.24) is 10.7 Å². The van der Waals surface area contributed by atoms with Crippen molar-refractivity contribution in [3.05, 3.63) is 86.3 Å². The monoisotopic (exact) mass is 617 g/mol. The second-order valence-corrected chi connectivity index (χ2v) is 8.96. The molecule has 3 aromatic rings. The molecular weight excluding hydrogens is 598 g/mol. The number of rotatable bonds is 9. The number of methoxy groups -OCH3 is 2. The molecule has 0 saturated carbocycles. The average Bonchev–Trinajstić information content (AvgIpc) is 2.88. The number of benzene rings is 3. The van der Waals surface area contributed by atoms with Gasteiger partial charge in [0, 0.05) is 20.1 Å². The van der Waals surface area contributed by atoms with E-state index in [-0.39, 0.29) is 17.9 Å². The van der Waals surface area contributed by atoms with Crippen LogP contribution < -0.4 is 25.0 Å². The minimum atomic E-state index is -0.618. The Morgan fingerprint density at radius 2 is 1.58 bits per heavy atom. The van der Waals surface area contributed by atoms with E-state index in [1.165, 1.54) is 26.5 Å². The molecule has 0 aromatic heterocycles. The third kappa shape index (κ3) is 7.40. The maximum absolute atomic E-state index is 12.7. The normalized spacial score (nSPS) is 10.6. The Labute approximate surface area is 224 Å². The molecule has 11 heteroatoms. The molecule has 3 aromatic carbocycles. The number of hydrazone groups is 1. The molecule has 9 nitrogen and oxygen atoms in total. The van der Waals surface area contributed by atoms with E-state index in [0.29, 0.717) is 27.1 Å². The Bertz CT molecular complexity index is 1310. The second-order valence-electron chi connectivity index (χ2n) is 7.13. The highest BCUT2D eigenvalue weighted by Crippen LogP contribution is 2.29. The molecule has 0 aliphatic carbocycles. The molecule has 2 amide bonds. The summed E-state index contributed by atoms with van der Waals surface area (Å²) in [6, 6.07) is 16.4. The van der Waals surface area contributed by atoms with Gasteiger partial charge in [0.2, 0.25) is 0 Å². The Morgan fingerprint density at radius 3 is 2.31 bits per heavy atom. The molecule has 3 rings (SSSR count). The summed E-state index contributed by atoms with van der Waals surface area (Å²) in [7, 11) is 2.97. The minimum Gasteiger partial charge on any atom is -0.493 e. The number of nitrogens with zero attached hydrogens (tertiary/aromatic N) is 1. The number of carbonyl (C=O) groups is 3. The van der Waals surface area contributed by atoms with Crippen LogP contribution in [0.2, 0.25) is 0 Å². The van der Waals surface area contributed by atoms with Gasteiger partial charge in [-0.2, -0.15) is 5.10 Å². The van der Waals surface area contributed by atoms with E-state index in [9.17, 15) is 14.4 Å². The summed E-state index contributed by atoms with van der Waals surface area (Å²) < 4.78 is 17.4. The van der Waals surface area contributed by atoms with Crippen molar-refractivity contribution in [3.8, 4) is 17.2 Å². The molecule has 186 valence electrons. The van der Waals surface area contributed by atoms with Crippen molar-refractivity contribution in [1.29, 1.82) is 0 Å². The standard InChI is InChI=1S/C25H21Br2N3O6/c1-34-21-8-6-16(12-22(21)35-2)25(33)36-20-9-7-19(27)11-17(20)13-29-30-23(31)14-28-24(32)15-4-3-5-18(26)10-15/h3-13H,14H2,1-2H3,(H,28,32)(H,30,31). The molecular formula is C25H21Br2N3O6. The summed E-state index contributed by atoms with van der Waals surface area (Å²) in [6.07, 6.45) is 1.33. The van der Waals surface area contributed by atoms with Crippen molar-refractivity contribution in [3.63, 3.8) is 0 Å². The lowest BCUT2D eigenvalue weighted by atomic mass is 10.2. The van der Waals surface area contributed by atoms with Crippen LogP contribution in [-0.4, -0.2) is 44.8 Å². The van der Waals surface area contributed by atoms with E-state index in [4.69, 9.17) is 14.2 Å². The van der Waals surface area contributed by atoms with Gasteiger partial charge in [-0.3, -0.25) is 9.59 Å². The summed E-state index contributed by atoms with van der Waals surface area (Å²) >= 11 is 6.65. The second kappa shape index (κ2) is 12.8. The molecule has 36 heavy (non-hydrogen) atoms. The Morgan fingerprint density at radius 1 is 0.861 bits per heavy atom. The molecule has 0 atom stereocenters. The number of hydrogen-bond donors (Lipinski definition) is 2. The molecule has 0 fully saturated rings. The van der Waals surface area contributed by atoms with Gasteiger partial charge in [-0.05, 0) is 54.6 Å². The summed E-state index contributed by atoms with van der Waals surface area (Å²) in [5.41, 5.74) is 3.43. The number of halogens is 2. The van der Waals surface area contributed by atoms with E-state index in [0.717, 1.165) is 4.47 Å². The zero-order valence-corrected chi connectivity index (χ0v) is 22.4. The lowest BCUT2D eigenvalue weighted by molar-refractivity contribution is -0.120. The highest BCUT2D eigenvalue weighted by atomic mass is 79.9. The van der Waals surface area contributed by atoms with Gasteiger partial charge in [-0.15, -0.1) is 0 Å². The van der Waals surface area contributed by atoms with E-state index in [2.05, 4.69) is 47.7 Å².